The van der Waals surface area contributed by atoms with E-state index in [4.69, 9.17) is 4.74 Å². The summed E-state index contributed by atoms with van der Waals surface area (Å²) in [5.74, 6) is -5.24. The van der Waals surface area contributed by atoms with E-state index >= 15 is 0 Å². The Morgan fingerprint density at radius 1 is 0.788 bits per heavy atom. The number of halogens is 3. The van der Waals surface area contributed by atoms with Crippen LogP contribution in [-0.2, 0) is 6.42 Å². The molecular weight excluding hydrogens is 425 g/mol. The molecule has 0 saturated carbocycles. The lowest BCUT2D eigenvalue weighted by molar-refractivity contribution is 0.0733. The number of carbonyl (C=O) groups excluding carboxylic acids is 1. The summed E-state index contributed by atoms with van der Waals surface area (Å²) < 4.78 is 44.6. The lowest BCUT2D eigenvalue weighted by Crippen LogP contribution is -2.09. The Kier molecular flexibility index (Phi) is 6.59. The van der Waals surface area contributed by atoms with Crippen LogP contribution < -0.4 is 4.74 Å². The predicted molar refractivity (Wildman–Crippen MR) is 122 cm³/mol. The van der Waals surface area contributed by atoms with Crippen LogP contribution in [0.2, 0.25) is 0 Å². The Morgan fingerprint density at radius 3 is 1.91 bits per heavy atom. The maximum atomic E-state index is 13.3. The minimum Gasteiger partial charge on any atom is -0.423 e. The average Bonchev–Trinajstić information content (AvgIpc) is 2.83. The molecule has 2 nitrogen and oxygen atoms in total. The molecule has 0 amide bonds. The van der Waals surface area contributed by atoms with Gasteiger partial charge >= 0.3 is 5.97 Å². The van der Waals surface area contributed by atoms with Gasteiger partial charge in [0.15, 0.2) is 17.5 Å². The summed E-state index contributed by atoms with van der Waals surface area (Å²) in [6.45, 7) is 2.20. The molecule has 0 heterocycles. The molecule has 0 fully saturated rings. The number of esters is 1. The van der Waals surface area contributed by atoms with E-state index in [0.717, 1.165) is 17.5 Å². The van der Waals surface area contributed by atoms with Crippen LogP contribution in [-0.4, -0.2) is 5.97 Å². The topological polar surface area (TPSA) is 26.3 Å². The van der Waals surface area contributed by atoms with Gasteiger partial charge in [0.05, 0.1) is 5.56 Å². The minimum atomic E-state index is -1.61. The summed E-state index contributed by atoms with van der Waals surface area (Å²) in [6, 6.07) is 26.6. The quantitative estimate of drug-likeness (QED) is 0.176. The Balaban J connectivity index is 1.42. The number of rotatable bonds is 6. The van der Waals surface area contributed by atoms with Crippen LogP contribution in [0.4, 0.5) is 13.2 Å². The summed E-state index contributed by atoms with van der Waals surface area (Å²) in [7, 11) is 0. The van der Waals surface area contributed by atoms with Gasteiger partial charge in [-0.2, -0.15) is 0 Å². The molecule has 33 heavy (non-hydrogen) atoms. The van der Waals surface area contributed by atoms with E-state index in [0.29, 0.717) is 18.1 Å². The van der Waals surface area contributed by atoms with Gasteiger partial charge in [0.25, 0.3) is 0 Å². The van der Waals surface area contributed by atoms with Crippen molar-refractivity contribution in [2.24, 2.45) is 0 Å². The van der Waals surface area contributed by atoms with Crippen LogP contribution >= 0.6 is 0 Å². The molecular formula is C28H21F3O2. The fourth-order valence-electron chi connectivity index (χ4n) is 3.64. The average molecular weight is 446 g/mol. The molecule has 4 rings (SSSR count). The molecule has 4 aromatic rings. The van der Waals surface area contributed by atoms with Crippen LogP contribution in [0, 0.1) is 17.5 Å². The van der Waals surface area contributed by atoms with E-state index in [1.54, 1.807) is 24.3 Å². The van der Waals surface area contributed by atoms with Crippen molar-refractivity contribution in [1.29, 1.82) is 0 Å². The highest BCUT2D eigenvalue weighted by Crippen LogP contribution is 2.25. The third kappa shape index (κ3) is 5.32. The van der Waals surface area contributed by atoms with Gasteiger partial charge in [-0.1, -0.05) is 73.7 Å². The molecule has 166 valence electrons. The largest absolute Gasteiger partial charge is 0.423 e. The fraction of sp³-hybridized carbons (Fsp3) is 0.107. The molecule has 4 aromatic carbocycles. The van der Waals surface area contributed by atoms with Crippen molar-refractivity contribution in [3.8, 4) is 16.9 Å². The zero-order chi connectivity index (χ0) is 23.4. The smallest absolute Gasteiger partial charge is 0.343 e. The van der Waals surface area contributed by atoms with E-state index in [-0.39, 0.29) is 5.56 Å². The van der Waals surface area contributed by atoms with Gasteiger partial charge in [0.2, 0.25) is 0 Å². The molecule has 0 unspecified atom stereocenters. The molecule has 0 aliphatic rings. The first kappa shape index (κ1) is 22.3. The molecule has 0 radical (unpaired) electrons. The lowest BCUT2D eigenvalue weighted by Gasteiger charge is -2.12. The van der Waals surface area contributed by atoms with E-state index in [9.17, 15) is 18.0 Å². The Hall–Kier alpha value is -3.86. The van der Waals surface area contributed by atoms with Crippen molar-refractivity contribution in [2.75, 3.05) is 0 Å². The number of hydrogen-bond donors (Lipinski definition) is 0. The maximum absolute atomic E-state index is 13.3. The molecule has 0 spiro atoms. The number of benzene rings is 4. The second-order valence-electron chi connectivity index (χ2n) is 7.88. The van der Waals surface area contributed by atoms with Gasteiger partial charge < -0.3 is 4.74 Å². The summed E-state index contributed by atoms with van der Waals surface area (Å²) in [4.78, 5) is 12.3. The predicted octanol–water partition coefficient (Wildman–Crippen LogP) is 7.34. The number of ether oxygens (including phenoxy) is 1. The lowest BCUT2D eigenvalue weighted by atomic mass is 9.93. The number of carbonyl (C=O) groups is 1. The van der Waals surface area contributed by atoms with E-state index in [2.05, 4.69) is 31.2 Å². The first-order valence-electron chi connectivity index (χ1n) is 10.5. The van der Waals surface area contributed by atoms with E-state index in [1.165, 1.54) is 11.1 Å². The van der Waals surface area contributed by atoms with Crippen LogP contribution in [0.15, 0.2) is 91.0 Å². The van der Waals surface area contributed by atoms with Crippen molar-refractivity contribution in [1.82, 2.24) is 0 Å². The summed E-state index contributed by atoms with van der Waals surface area (Å²) >= 11 is 0. The van der Waals surface area contributed by atoms with Gasteiger partial charge in [-0.15, -0.1) is 0 Å². The third-order valence-electron chi connectivity index (χ3n) is 5.49. The van der Waals surface area contributed by atoms with E-state index in [1.807, 2.05) is 30.3 Å². The summed E-state index contributed by atoms with van der Waals surface area (Å²) in [5, 5.41) is 0. The van der Waals surface area contributed by atoms with E-state index < -0.39 is 29.2 Å². The summed E-state index contributed by atoms with van der Waals surface area (Å²) in [5.41, 5.74) is 4.64. The Bertz CT molecular complexity index is 1230. The SMILES string of the molecule is C[C@H](Cc1ccc(-c2ccc(C(=O)Oc3cc(F)c(F)c(F)c3)cc2)cc1)c1ccccc1. The molecule has 5 heteroatoms. The van der Waals surface area contributed by atoms with Crippen LogP contribution in [0.5, 0.6) is 5.75 Å². The van der Waals surface area contributed by atoms with Gasteiger partial charge in [-0.25, -0.2) is 18.0 Å². The molecule has 1 atom stereocenters. The first-order valence-corrected chi connectivity index (χ1v) is 10.5. The van der Waals surface area contributed by atoms with Crippen molar-refractivity contribution in [3.63, 3.8) is 0 Å². The maximum Gasteiger partial charge on any atom is 0.343 e. The molecule has 0 aliphatic heterocycles. The first-order chi connectivity index (χ1) is 15.9. The monoisotopic (exact) mass is 446 g/mol. The third-order valence-corrected chi connectivity index (χ3v) is 5.49. The normalized spacial score (nSPS) is 11.8. The number of hydrogen-bond acceptors (Lipinski definition) is 2. The highest BCUT2D eigenvalue weighted by atomic mass is 19.2. The van der Waals surface area contributed by atoms with Gasteiger partial charge in [-0.3, -0.25) is 0 Å². The highest BCUT2D eigenvalue weighted by Gasteiger charge is 2.15. The fourth-order valence-corrected chi connectivity index (χ4v) is 3.64. The minimum absolute atomic E-state index is 0.206. The van der Waals surface area contributed by atoms with Gasteiger partial charge in [0, 0.05) is 12.1 Å². The zero-order valence-electron chi connectivity index (χ0n) is 17.9. The highest BCUT2D eigenvalue weighted by molar-refractivity contribution is 5.91. The zero-order valence-corrected chi connectivity index (χ0v) is 17.9. The standard InChI is InChI=1S/C28H21F3O2/c1-18(20-5-3-2-4-6-20)15-19-7-9-21(10-8-19)22-11-13-23(14-12-22)28(32)33-24-16-25(29)27(31)26(30)17-24/h2-14,16-18H,15H2,1H3/t18-/m1/s1. The second kappa shape index (κ2) is 9.74. The molecule has 0 aliphatic carbocycles. The van der Waals surface area contributed by atoms with Gasteiger partial charge in [0.1, 0.15) is 5.75 Å². The molecule has 0 N–H and O–H groups in total. The van der Waals surface area contributed by atoms with Crippen molar-refractivity contribution in [3.05, 3.63) is 125 Å². The van der Waals surface area contributed by atoms with Crippen LogP contribution in [0.3, 0.4) is 0 Å². The van der Waals surface area contributed by atoms with Crippen molar-refractivity contribution < 1.29 is 22.7 Å². The summed E-state index contributed by atoms with van der Waals surface area (Å²) in [6.07, 6.45) is 0.930. The Morgan fingerprint density at radius 2 is 1.33 bits per heavy atom. The van der Waals surface area contributed by atoms with Crippen LogP contribution in [0.1, 0.15) is 34.3 Å². The van der Waals surface area contributed by atoms with Gasteiger partial charge in [-0.05, 0) is 46.7 Å². The van der Waals surface area contributed by atoms with Crippen LogP contribution in [0.25, 0.3) is 11.1 Å². The van der Waals surface area contributed by atoms with Crippen molar-refractivity contribution in [2.45, 2.75) is 19.3 Å². The molecule has 0 saturated heterocycles. The molecule has 0 aromatic heterocycles. The Labute approximate surface area is 190 Å². The molecule has 0 bridgehead atoms. The van der Waals surface area contributed by atoms with Crippen molar-refractivity contribution >= 4 is 5.97 Å². The second-order valence-corrected chi connectivity index (χ2v) is 7.88.